The van der Waals surface area contributed by atoms with Crippen molar-refractivity contribution in [3.63, 3.8) is 0 Å². The highest BCUT2D eigenvalue weighted by atomic mass is 19.1. The van der Waals surface area contributed by atoms with Crippen LogP contribution in [0.2, 0.25) is 0 Å². The van der Waals surface area contributed by atoms with Gasteiger partial charge in [-0.15, -0.1) is 0 Å². The Morgan fingerprint density at radius 2 is 1.84 bits per heavy atom. The molecule has 166 valence electrons. The van der Waals surface area contributed by atoms with Gasteiger partial charge in [-0.3, -0.25) is 4.79 Å². The Hall–Kier alpha value is -2.93. The second kappa shape index (κ2) is 10.4. The number of halogens is 1. The van der Waals surface area contributed by atoms with E-state index < -0.39 is 11.7 Å². The standard InChI is InChI=1S/C24H31FN4O2/c1-26-23(30)20-12-9-16(14-21(20)25)13-19(29(2)3)15-27-24(31)28-22(18-10-11-18)17-7-5-4-6-8-17/h4-9,12,14,18-19,22H,10-11,13,15H2,1-3H3,(H,26,30)(H2,27,28,31). The van der Waals surface area contributed by atoms with Crippen molar-refractivity contribution in [3.8, 4) is 0 Å². The summed E-state index contributed by atoms with van der Waals surface area (Å²) in [6.07, 6.45) is 2.79. The Labute approximate surface area is 183 Å². The molecule has 2 unspecified atom stereocenters. The fraction of sp³-hybridized carbons (Fsp3) is 0.417. The fourth-order valence-electron chi connectivity index (χ4n) is 3.68. The molecular formula is C24H31FN4O2. The van der Waals surface area contributed by atoms with E-state index in [-0.39, 0.29) is 23.7 Å². The smallest absolute Gasteiger partial charge is 0.315 e. The Bertz CT molecular complexity index is 900. The van der Waals surface area contributed by atoms with Crippen molar-refractivity contribution in [1.82, 2.24) is 20.9 Å². The van der Waals surface area contributed by atoms with Crippen molar-refractivity contribution in [2.24, 2.45) is 5.92 Å². The van der Waals surface area contributed by atoms with Crippen LogP contribution >= 0.6 is 0 Å². The van der Waals surface area contributed by atoms with Gasteiger partial charge in [0.25, 0.3) is 5.91 Å². The average molecular weight is 427 g/mol. The summed E-state index contributed by atoms with van der Waals surface area (Å²) in [5, 5.41) is 8.52. The molecule has 3 amide bonds. The van der Waals surface area contributed by atoms with Crippen LogP contribution < -0.4 is 16.0 Å². The monoisotopic (exact) mass is 426 g/mol. The second-order valence-corrected chi connectivity index (χ2v) is 8.30. The lowest BCUT2D eigenvalue weighted by Crippen LogP contribution is -2.46. The van der Waals surface area contributed by atoms with Crippen molar-refractivity contribution in [1.29, 1.82) is 0 Å². The quantitative estimate of drug-likeness (QED) is 0.577. The summed E-state index contributed by atoms with van der Waals surface area (Å²) < 4.78 is 14.3. The first-order valence-corrected chi connectivity index (χ1v) is 10.6. The molecule has 0 aromatic heterocycles. The van der Waals surface area contributed by atoms with Crippen LogP contribution in [-0.4, -0.2) is 50.6 Å². The third-order valence-corrected chi connectivity index (χ3v) is 5.74. The molecule has 1 fully saturated rings. The van der Waals surface area contributed by atoms with Gasteiger partial charge in [0.05, 0.1) is 11.6 Å². The molecule has 2 aromatic rings. The first kappa shape index (κ1) is 22.7. The molecule has 2 atom stereocenters. The predicted molar refractivity (Wildman–Crippen MR) is 119 cm³/mol. The molecule has 1 saturated carbocycles. The van der Waals surface area contributed by atoms with E-state index in [4.69, 9.17) is 0 Å². The summed E-state index contributed by atoms with van der Waals surface area (Å²) in [6, 6.07) is 14.5. The number of benzene rings is 2. The molecule has 31 heavy (non-hydrogen) atoms. The number of likely N-dealkylation sites (N-methyl/N-ethyl adjacent to an activating group) is 1. The predicted octanol–water partition coefficient (Wildman–Crippen LogP) is 3.11. The molecule has 3 N–H and O–H groups in total. The molecule has 6 nitrogen and oxygen atoms in total. The summed E-state index contributed by atoms with van der Waals surface area (Å²) in [4.78, 5) is 26.3. The highest BCUT2D eigenvalue weighted by Crippen LogP contribution is 2.40. The Morgan fingerprint density at radius 1 is 1.13 bits per heavy atom. The van der Waals surface area contributed by atoms with Crippen LogP contribution in [0.1, 0.15) is 40.4 Å². The van der Waals surface area contributed by atoms with Gasteiger partial charge in [-0.1, -0.05) is 36.4 Å². The molecule has 0 aliphatic heterocycles. The number of urea groups is 1. The van der Waals surface area contributed by atoms with Gasteiger partial charge in [0, 0.05) is 19.6 Å². The maximum Gasteiger partial charge on any atom is 0.315 e. The third kappa shape index (κ3) is 6.28. The minimum atomic E-state index is -0.546. The molecule has 1 aliphatic rings. The Balaban J connectivity index is 1.58. The first-order chi connectivity index (χ1) is 14.9. The Kier molecular flexibility index (Phi) is 7.63. The molecule has 7 heteroatoms. The number of nitrogens with zero attached hydrogens (tertiary/aromatic N) is 1. The molecule has 1 aliphatic carbocycles. The van der Waals surface area contributed by atoms with Crippen LogP contribution in [0, 0.1) is 11.7 Å². The normalized spacial score (nSPS) is 15.3. The van der Waals surface area contributed by atoms with E-state index in [1.807, 2.05) is 49.3 Å². The van der Waals surface area contributed by atoms with Gasteiger partial charge in [0.1, 0.15) is 5.82 Å². The maximum atomic E-state index is 14.3. The van der Waals surface area contributed by atoms with E-state index in [1.54, 1.807) is 6.07 Å². The molecule has 3 rings (SSSR count). The van der Waals surface area contributed by atoms with Crippen molar-refractivity contribution in [2.45, 2.75) is 31.3 Å². The van der Waals surface area contributed by atoms with Crippen LogP contribution in [0.4, 0.5) is 9.18 Å². The van der Waals surface area contributed by atoms with E-state index in [0.29, 0.717) is 18.9 Å². The number of carbonyl (C=O) groups is 2. The van der Waals surface area contributed by atoms with E-state index in [2.05, 4.69) is 16.0 Å². The van der Waals surface area contributed by atoms with Gasteiger partial charge in [-0.2, -0.15) is 0 Å². The van der Waals surface area contributed by atoms with Crippen molar-refractivity contribution < 1.29 is 14.0 Å². The highest BCUT2D eigenvalue weighted by molar-refractivity contribution is 5.94. The minimum absolute atomic E-state index is 0.0189. The first-order valence-electron chi connectivity index (χ1n) is 10.6. The summed E-state index contributed by atoms with van der Waals surface area (Å²) in [5.74, 6) is -0.509. The SMILES string of the molecule is CNC(=O)c1ccc(CC(CNC(=O)NC(c2ccccc2)C2CC2)N(C)C)cc1F. The molecule has 0 heterocycles. The lowest BCUT2D eigenvalue weighted by atomic mass is 10.0. The van der Waals surface area contributed by atoms with Gasteiger partial charge in [0.2, 0.25) is 0 Å². The number of amides is 3. The summed E-state index contributed by atoms with van der Waals surface area (Å²) in [5.41, 5.74) is 1.92. The van der Waals surface area contributed by atoms with Crippen molar-refractivity contribution in [2.75, 3.05) is 27.7 Å². The lowest BCUT2D eigenvalue weighted by molar-refractivity contribution is 0.0959. The summed E-state index contributed by atoms with van der Waals surface area (Å²) >= 11 is 0. The number of nitrogens with one attached hydrogen (secondary N) is 3. The Morgan fingerprint density at radius 3 is 2.42 bits per heavy atom. The summed E-state index contributed by atoms with van der Waals surface area (Å²) in [7, 11) is 5.33. The zero-order valence-corrected chi connectivity index (χ0v) is 18.3. The van der Waals surface area contributed by atoms with Crippen LogP contribution in [0.3, 0.4) is 0 Å². The van der Waals surface area contributed by atoms with Crippen LogP contribution in [-0.2, 0) is 6.42 Å². The van der Waals surface area contributed by atoms with Crippen LogP contribution in [0.25, 0.3) is 0 Å². The highest BCUT2D eigenvalue weighted by Gasteiger charge is 2.33. The van der Waals surface area contributed by atoms with Gasteiger partial charge >= 0.3 is 6.03 Å². The fourth-order valence-corrected chi connectivity index (χ4v) is 3.68. The molecule has 2 aromatic carbocycles. The molecule has 0 spiro atoms. The van der Waals surface area contributed by atoms with E-state index in [9.17, 15) is 14.0 Å². The minimum Gasteiger partial charge on any atom is -0.355 e. The lowest BCUT2D eigenvalue weighted by Gasteiger charge is -2.26. The van der Waals surface area contributed by atoms with E-state index >= 15 is 0 Å². The molecular weight excluding hydrogens is 395 g/mol. The summed E-state index contributed by atoms with van der Waals surface area (Å²) in [6.45, 7) is 0.420. The number of carbonyl (C=O) groups excluding carboxylic acids is 2. The second-order valence-electron chi connectivity index (χ2n) is 8.30. The van der Waals surface area contributed by atoms with Crippen molar-refractivity contribution in [3.05, 3.63) is 71.0 Å². The van der Waals surface area contributed by atoms with Crippen LogP contribution in [0.5, 0.6) is 0 Å². The maximum absolute atomic E-state index is 14.3. The van der Waals surface area contributed by atoms with E-state index in [0.717, 1.165) is 24.0 Å². The molecule has 0 radical (unpaired) electrons. The average Bonchev–Trinajstić information content (AvgIpc) is 3.60. The zero-order chi connectivity index (χ0) is 22.4. The number of rotatable bonds is 9. The zero-order valence-electron chi connectivity index (χ0n) is 18.3. The number of hydrogen-bond donors (Lipinski definition) is 3. The topological polar surface area (TPSA) is 73.5 Å². The van der Waals surface area contributed by atoms with Gasteiger partial charge in [0.15, 0.2) is 0 Å². The van der Waals surface area contributed by atoms with Gasteiger partial charge in [-0.05, 0) is 62.5 Å². The third-order valence-electron chi connectivity index (χ3n) is 5.74. The largest absolute Gasteiger partial charge is 0.355 e. The van der Waals surface area contributed by atoms with Gasteiger partial charge in [-0.25, -0.2) is 9.18 Å². The van der Waals surface area contributed by atoms with Crippen molar-refractivity contribution >= 4 is 11.9 Å². The molecule has 0 bridgehead atoms. The van der Waals surface area contributed by atoms with Gasteiger partial charge < -0.3 is 20.9 Å². The number of hydrogen-bond acceptors (Lipinski definition) is 3. The molecule has 0 saturated heterocycles. The van der Waals surface area contributed by atoms with Crippen LogP contribution in [0.15, 0.2) is 48.5 Å². The van der Waals surface area contributed by atoms with E-state index in [1.165, 1.54) is 19.2 Å².